The molecule has 1 aromatic heterocycles. The maximum absolute atomic E-state index is 10.7. The minimum Gasteiger partial charge on any atom is -0.390 e. The van der Waals surface area contributed by atoms with Gasteiger partial charge in [-0.3, -0.25) is 4.79 Å². The Hall–Kier alpha value is -1.13. The van der Waals surface area contributed by atoms with Crippen LogP contribution in [0.15, 0.2) is 12.3 Å². The Bertz CT molecular complexity index is 504. The minimum absolute atomic E-state index is 0.0402. The number of carbonyl (C=O) groups is 1. The summed E-state index contributed by atoms with van der Waals surface area (Å²) in [5.41, 5.74) is 0.463. The van der Waals surface area contributed by atoms with Crippen molar-refractivity contribution in [2.75, 3.05) is 5.75 Å². The number of rotatable bonds is 5. The molecule has 19 heavy (non-hydrogen) atoms. The van der Waals surface area contributed by atoms with Crippen molar-refractivity contribution in [2.24, 2.45) is 0 Å². The first-order valence-electron chi connectivity index (χ1n) is 5.50. The summed E-state index contributed by atoms with van der Waals surface area (Å²) in [4.78, 5) is 14.5. The summed E-state index contributed by atoms with van der Waals surface area (Å²) in [5, 5.41) is 28.5. The van der Waals surface area contributed by atoms with Crippen LogP contribution in [-0.2, 0) is 4.79 Å². The van der Waals surface area contributed by atoms with Crippen LogP contribution in [0.4, 0.5) is 0 Å². The molecule has 0 aromatic carbocycles. The fourth-order valence-corrected chi connectivity index (χ4v) is 2.20. The highest BCUT2D eigenvalue weighted by Crippen LogP contribution is 2.23. The molecular formula is C12H13ClN2O3S. The van der Waals surface area contributed by atoms with E-state index in [0.29, 0.717) is 11.3 Å². The zero-order chi connectivity index (χ0) is 14.4. The fraction of sp³-hybridized carbons (Fsp3) is 0.417. The molecule has 102 valence electrons. The average molecular weight is 301 g/mol. The SMILES string of the molecule is CC(=O)SCCC(O)C(O)c1cnc(Cl)c(C#N)c1. The van der Waals surface area contributed by atoms with Crippen molar-refractivity contribution in [1.29, 1.82) is 5.26 Å². The number of thioether (sulfide) groups is 1. The van der Waals surface area contributed by atoms with Gasteiger partial charge in [0.05, 0.1) is 11.7 Å². The van der Waals surface area contributed by atoms with Crippen LogP contribution in [0.3, 0.4) is 0 Å². The average Bonchev–Trinajstić information content (AvgIpc) is 2.38. The molecule has 0 spiro atoms. The molecule has 7 heteroatoms. The van der Waals surface area contributed by atoms with Gasteiger partial charge in [0, 0.05) is 24.4 Å². The predicted molar refractivity (Wildman–Crippen MR) is 72.7 cm³/mol. The minimum atomic E-state index is -1.16. The van der Waals surface area contributed by atoms with Crippen molar-refractivity contribution in [1.82, 2.24) is 4.98 Å². The summed E-state index contributed by atoms with van der Waals surface area (Å²) >= 11 is 6.76. The van der Waals surface area contributed by atoms with Gasteiger partial charge in [0.25, 0.3) is 0 Å². The lowest BCUT2D eigenvalue weighted by Gasteiger charge is -2.17. The van der Waals surface area contributed by atoms with E-state index in [-0.39, 0.29) is 22.3 Å². The molecule has 0 aliphatic rings. The van der Waals surface area contributed by atoms with Crippen LogP contribution in [-0.4, -0.2) is 32.2 Å². The monoisotopic (exact) mass is 300 g/mol. The molecule has 1 aromatic rings. The lowest BCUT2D eigenvalue weighted by atomic mass is 10.0. The molecule has 1 heterocycles. The van der Waals surface area contributed by atoms with E-state index in [2.05, 4.69) is 4.98 Å². The maximum Gasteiger partial charge on any atom is 0.185 e. The van der Waals surface area contributed by atoms with Gasteiger partial charge in [-0.1, -0.05) is 23.4 Å². The standard InChI is InChI=1S/C12H13ClN2O3S/c1-7(16)19-3-2-10(17)11(18)9-4-8(5-14)12(13)15-6-9/h4,6,10-11,17-18H,2-3H2,1H3. The highest BCUT2D eigenvalue weighted by Gasteiger charge is 2.20. The topological polar surface area (TPSA) is 94.2 Å². The van der Waals surface area contributed by atoms with Crippen LogP contribution in [0.2, 0.25) is 5.15 Å². The number of halogens is 1. The third-order valence-corrected chi connectivity index (χ3v) is 3.55. The van der Waals surface area contributed by atoms with Crippen LogP contribution < -0.4 is 0 Å². The zero-order valence-electron chi connectivity index (χ0n) is 10.2. The van der Waals surface area contributed by atoms with Gasteiger partial charge in [0.1, 0.15) is 17.3 Å². The summed E-state index contributed by atoms with van der Waals surface area (Å²) in [6, 6.07) is 3.24. The zero-order valence-corrected chi connectivity index (χ0v) is 11.8. The van der Waals surface area contributed by atoms with Crippen molar-refractivity contribution >= 4 is 28.5 Å². The van der Waals surface area contributed by atoms with E-state index in [1.807, 2.05) is 6.07 Å². The third-order valence-electron chi connectivity index (χ3n) is 2.41. The van der Waals surface area contributed by atoms with E-state index < -0.39 is 12.2 Å². The summed E-state index contributed by atoms with van der Waals surface area (Å²) < 4.78 is 0. The van der Waals surface area contributed by atoms with Crippen LogP contribution in [0.1, 0.15) is 30.6 Å². The number of pyridine rings is 1. The van der Waals surface area contributed by atoms with Crippen molar-refractivity contribution in [3.8, 4) is 6.07 Å². The van der Waals surface area contributed by atoms with E-state index in [4.69, 9.17) is 16.9 Å². The Labute approximate surface area is 120 Å². The number of carbonyl (C=O) groups excluding carboxylic acids is 1. The van der Waals surface area contributed by atoms with Gasteiger partial charge in [0.2, 0.25) is 0 Å². The normalized spacial score (nSPS) is 13.6. The first-order valence-corrected chi connectivity index (χ1v) is 6.87. The summed E-state index contributed by atoms with van der Waals surface area (Å²) in [6.45, 7) is 1.44. The summed E-state index contributed by atoms with van der Waals surface area (Å²) in [6.07, 6.45) is -0.615. The summed E-state index contributed by atoms with van der Waals surface area (Å²) in [7, 11) is 0. The smallest absolute Gasteiger partial charge is 0.185 e. The number of aromatic nitrogens is 1. The van der Waals surface area contributed by atoms with Gasteiger partial charge < -0.3 is 10.2 Å². The molecule has 0 saturated heterocycles. The molecule has 0 aliphatic carbocycles. The predicted octanol–water partition coefficient (Wildman–Crippen LogP) is 1.67. The van der Waals surface area contributed by atoms with Crippen molar-refractivity contribution < 1.29 is 15.0 Å². The quantitative estimate of drug-likeness (QED) is 0.803. The van der Waals surface area contributed by atoms with E-state index in [9.17, 15) is 15.0 Å². The molecule has 0 radical (unpaired) electrons. The molecular weight excluding hydrogens is 288 g/mol. The molecule has 1 rings (SSSR count). The fourth-order valence-electron chi connectivity index (χ4n) is 1.41. The van der Waals surface area contributed by atoms with Crippen LogP contribution in [0.25, 0.3) is 0 Å². The molecule has 0 fully saturated rings. The Morgan fingerprint density at radius 1 is 1.63 bits per heavy atom. The van der Waals surface area contributed by atoms with E-state index in [1.165, 1.54) is 19.2 Å². The number of aliphatic hydroxyl groups excluding tert-OH is 2. The molecule has 0 bridgehead atoms. The van der Waals surface area contributed by atoms with Gasteiger partial charge in [-0.05, 0) is 12.5 Å². The molecule has 0 saturated carbocycles. The first-order chi connectivity index (χ1) is 8.95. The van der Waals surface area contributed by atoms with Gasteiger partial charge in [-0.15, -0.1) is 0 Å². The highest BCUT2D eigenvalue weighted by atomic mass is 35.5. The maximum atomic E-state index is 10.7. The third kappa shape index (κ3) is 4.80. The number of nitrogens with zero attached hydrogens (tertiary/aromatic N) is 2. The van der Waals surface area contributed by atoms with Gasteiger partial charge >= 0.3 is 0 Å². The second kappa shape index (κ2) is 7.46. The van der Waals surface area contributed by atoms with Crippen LogP contribution in [0, 0.1) is 11.3 Å². The molecule has 2 N–H and O–H groups in total. The Balaban J connectivity index is 2.69. The van der Waals surface area contributed by atoms with Crippen LogP contribution >= 0.6 is 23.4 Å². The summed E-state index contributed by atoms with van der Waals surface area (Å²) in [5.74, 6) is 0.416. The van der Waals surface area contributed by atoms with Crippen molar-refractivity contribution in [3.05, 3.63) is 28.5 Å². The van der Waals surface area contributed by atoms with E-state index in [1.54, 1.807) is 0 Å². The number of hydrogen-bond donors (Lipinski definition) is 2. The number of hydrogen-bond acceptors (Lipinski definition) is 6. The largest absolute Gasteiger partial charge is 0.390 e. The Kier molecular flexibility index (Phi) is 6.25. The van der Waals surface area contributed by atoms with Crippen molar-refractivity contribution in [2.45, 2.75) is 25.6 Å². The molecule has 5 nitrogen and oxygen atoms in total. The van der Waals surface area contributed by atoms with Gasteiger partial charge in [-0.2, -0.15) is 5.26 Å². The second-order valence-electron chi connectivity index (χ2n) is 3.86. The van der Waals surface area contributed by atoms with Crippen molar-refractivity contribution in [3.63, 3.8) is 0 Å². The van der Waals surface area contributed by atoms with Crippen LogP contribution in [0.5, 0.6) is 0 Å². The lowest BCUT2D eigenvalue weighted by molar-refractivity contribution is -0.109. The highest BCUT2D eigenvalue weighted by molar-refractivity contribution is 8.13. The first kappa shape index (κ1) is 15.9. The molecule has 0 amide bonds. The Morgan fingerprint density at radius 2 is 2.32 bits per heavy atom. The molecule has 0 aliphatic heterocycles. The molecule has 2 unspecified atom stereocenters. The second-order valence-corrected chi connectivity index (χ2v) is 5.49. The number of nitriles is 1. The lowest BCUT2D eigenvalue weighted by Crippen LogP contribution is -2.19. The number of aliphatic hydroxyl groups is 2. The van der Waals surface area contributed by atoms with Gasteiger partial charge in [0.15, 0.2) is 5.12 Å². The Morgan fingerprint density at radius 3 is 2.89 bits per heavy atom. The molecule has 2 atom stereocenters. The van der Waals surface area contributed by atoms with Gasteiger partial charge in [-0.25, -0.2) is 4.98 Å². The van der Waals surface area contributed by atoms with E-state index in [0.717, 1.165) is 11.8 Å². The van der Waals surface area contributed by atoms with E-state index >= 15 is 0 Å².